The van der Waals surface area contributed by atoms with Gasteiger partial charge in [0.05, 0.1) is 12.7 Å². The maximum absolute atomic E-state index is 12.7. The highest BCUT2D eigenvalue weighted by Gasteiger charge is 2.42. The fraction of sp³-hybridized carbons (Fsp3) is 0.467. The van der Waals surface area contributed by atoms with Crippen molar-refractivity contribution in [2.75, 3.05) is 13.2 Å². The molecule has 3 rings (SSSR count). The van der Waals surface area contributed by atoms with Gasteiger partial charge in [0.1, 0.15) is 6.04 Å². The predicted molar refractivity (Wildman–Crippen MR) is 72.6 cm³/mol. The van der Waals surface area contributed by atoms with Gasteiger partial charge in [-0.15, -0.1) is 0 Å². The maximum atomic E-state index is 12.7. The van der Waals surface area contributed by atoms with Gasteiger partial charge in [0.15, 0.2) is 6.10 Å². The Morgan fingerprint density at radius 3 is 2.81 bits per heavy atom. The number of likely N-dealkylation sites (tertiary alicyclic amines) is 1. The number of benzene rings is 1. The SMILES string of the molecule is O=C(O)[C@H]1C[C@@H](O)CN1C(=O)C1OCCc2ccccc21. The Kier molecular flexibility index (Phi) is 3.65. The van der Waals surface area contributed by atoms with E-state index in [-0.39, 0.29) is 18.9 Å². The van der Waals surface area contributed by atoms with Crippen molar-refractivity contribution >= 4 is 11.9 Å². The standard InChI is InChI=1S/C15H17NO5/c17-10-7-12(15(19)20)16(8-10)14(18)13-11-4-2-1-3-9(11)5-6-21-13/h1-4,10,12-13,17H,5-8H2,(H,19,20)/t10-,12-,13?/m1/s1. The molecule has 1 unspecified atom stereocenters. The molecule has 6 heteroatoms. The summed E-state index contributed by atoms with van der Waals surface area (Å²) >= 11 is 0. The number of carboxylic acids is 1. The maximum Gasteiger partial charge on any atom is 0.326 e. The van der Waals surface area contributed by atoms with Crippen molar-refractivity contribution in [3.05, 3.63) is 35.4 Å². The Morgan fingerprint density at radius 1 is 1.29 bits per heavy atom. The van der Waals surface area contributed by atoms with E-state index in [4.69, 9.17) is 4.74 Å². The summed E-state index contributed by atoms with van der Waals surface area (Å²) in [5.41, 5.74) is 1.84. The average molecular weight is 291 g/mol. The quantitative estimate of drug-likeness (QED) is 0.821. The molecule has 6 nitrogen and oxygen atoms in total. The van der Waals surface area contributed by atoms with Gasteiger partial charge >= 0.3 is 5.97 Å². The van der Waals surface area contributed by atoms with E-state index in [9.17, 15) is 19.8 Å². The molecule has 1 aromatic rings. The molecule has 0 spiro atoms. The number of nitrogens with zero attached hydrogens (tertiary/aromatic N) is 1. The lowest BCUT2D eigenvalue weighted by Crippen LogP contribution is -2.44. The topological polar surface area (TPSA) is 87.1 Å². The van der Waals surface area contributed by atoms with Crippen molar-refractivity contribution in [2.45, 2.75) is 31.1 Å². The van der Waals surface area contributed by atoms with Gasteiger partial charge in [0.25, 0.3) is 5.91 Å². The van der Waals surface area contributed by atoms with Crippen LogP contribution in [0.5, 0.6) is 0 Å². The van der Waals surface area contributed by atoms with Crippen LogP contribution in [0.15, 0.2) is 24.3 Å². The molecule has 0 saturated carbocycles. The van der Waals surface area contributed by atoms with Crippen LogP contribution in [0.4, 0.5) is 0 Å². The molecular formula is C15H17NO5. The Balaban J connectivity index is 1.87. The number of aliphatic hydroxyl groups excluding tert-OH is 1. The van der Waals surface area contributed by atoms with E-state index in [0.717, 1.165) is 17.5 Å². The molecule has 2 aliphatic heterocycles. The van der Waals surface area contributed by atoms with Gasteiger partial charge in [-0.25, -0.2) is 4.79 Å². The number of carbonyl (C=O) groups is 2. The van der Waals surface area contributed by atoms with Gasteiger partial charge in [0, 0.05) is 13.0 Å². The van der Waals surface area contributed by atoms with Gasteiger partial charge in [-0.3, -0.25) is 4.79 Å². The van der Waals surface area contributed by atoms with Gasteiger partial charge in [0.2, 0.25) is 0 Å². The summed E-state index contributed by atoms with van der Waals surface area (Å²) in [6, 6.07) is 6.54. The average Bonchev–Trinajstić information content (AvgIpc) is 2.88. The van der Waals surface area contributed by atoms with Crippen molar-refractivity contribution in [3.63, 3.8) is 0 Å². The molecule has 1 fully saturated rings. The second-order valence-corrected chi connectivity index (χ2v) is 5.43. The van der Waals surface area contributed by atoms with Crippen LogP contribution < -0.4 is 0 Å². The Labute approximate surface area is 121 Å². The summed E-state index contributed by atoms with van der Waals surface area (Å²) in [6.07, 6.45) is -0.767. The summed E-state index contributed by atoms with van der Waals surface area (Å²) in [5.74, 6) is -1.48. The smallest absolute Gasteiger partial charge is 0.326 e. The second-order valence-electron chi connectivity index (χ2n) is 5.43. The van der Waals surface area contributed by atoms with Crippen LogP contribution in [-0.4, -0.2) is 52.3 Å². The van der Waals surface area contributed by atoms with Crippen LogP contribution in [0, 0.1) is 0 Å². The molecular weight excluding hydrogens is 274 g/mol. The summed E-state index contributed by atoms with van der Waals surface area (Å²) in [7, 11) is 0. The zero-order valence-corrected chi connectivity index (χ0v) is 11.4. The highest BCUT2D eigenvalue weighted by molar-refractivity contribution is 5.88. The number of carbonyl (C=O) groups excluding carboxylic acids is 1. The molecule has 2 N–H and O–H groups in total. The molecule has 2 heterocycles. The molecule has 0 bridgehead atoms. The Hall–Kier alpha value is -1.92. The third-order valence-corrected chi connectivity index (χ3v) is 4.06. The molecule has 1 amide bonds. The van der Waals surface area contributed by atoms with E-state index < -0.39 is 24.2 Å². The third-order valence-electron chi connectivity index (χ3n) is 4.06. The van der Waals surface area contributed by atoms with Crippen molar-refractivity contribution in [1.82, 2.24) is 4.90 Å². The zero-order chi connectivity index (χ0) is 15.0. The number of rotatable bonds is 2. The molecule has 2 aliphatic rings. The van der Waals surface area contributed by atoms with Crippen molar-refractivity contribution in [3.8, 4) is 0 Å². The number of aliphatic carboxylic acids is 1. The number of hydrogen-bond acceptors (Lipinski definition) is 4. The van der Waals surface area contributed by atoms with Gasteiger partial charge in [-0.2, -0.15) is 0 Å². The van der Waals surface area contributed by atoms with Crippen LogP contribution in [0.1, 0.15) is 23.7 Å². The van der Waals surface area contributed by atoms with Gasteiger partial charge in [-0.05, 0) is 17.5 Å². The summed E-state index contributed by atoms with van der Waals surface area (Å²) < 4.78 is 5.58. The molecule has 0 aliphatic carbocycles. The lowest BCUT2D eigenvalue weighted by atomic mass is 9.96. The molecule has 0 aromatic heterocycles. The Morgan fingerprint density at radius 2 is 2.05 bits per heavy atom. The largest absolute Gasteiger partial charge is 0.480 e. The fourth-order valence-corrected chi connectivity index (χ4v) is 3.04. The summed E-state index contributed by atoms with van der Waals surface area (Å²) in [6.45, 7) is 0.472. The minimum atomic E-state index is -1.09. The molecule has 21 heavy (non-hydrogen) atoms. The van der Waals surface area contributed by atoms with E-state index in [0.29, 0.717) is 6.61 Å². The number of amides is 1. The zero-order valence-electron chi connectivity index (χ0n) is 11.4. The van der Waals surface area contributed by atoms with Crippen molar-refractivity contribution in [2.24, 2.45) is 0 Å². The van der Waals surface area contributed by atoms with E-state index in [1.807, 2.05) is 24.3 Å². The molecule has 0 radical (unpaired) electrons. The third kappa shape index (κ3) is 2.52. The monoisotopic (exact) mass is 291 g/mol. The number of carboxylic acid groups (broad SMARTS) is 1. The lowest BCUT2D eigenvalue weighted by molar-refractivity contribution is -0.154. The summed E-state index contributed by atoms with van der Waals surface area (Å²) in [4.78, 5) is 25.1. The minimum Gasteiger partial charge on any atom is -0.480 e. The van der Waals surface area contributed by atoms with Crippen LogP contribution in [0.25, 0.3) is 0 Å². The minimum absolute atomic E-state index is 0.0395. The normalized spacial score (nSPS) is 28.2. The first-order valence-electron chi connectivity index (χ1n) is 6.98. The number of aliphatic hydroxyl groups is 1. The van der Waals surface area contributed by atoms with E-state index in [2.05, 4.69) is 0 Å². The van der Waals surface area contributed by atoms with Crippen LogP contribution in [-0.2, 0) is 20.7 Å². The van der Waals surface area contributed by atoms with E-state index in [1.165, 1.54) is 4.90 Å². The van der Waals surface area contributed by atoms with Crippen LogP contribution in [0.2, 0.25) is 0 Å². The summed E-state index contributed by atoms with van der Waals surface area (Å²) in [5, 5.41) is 18.9. The first-order chi connectivity index (χ1) is 10.1. The molecule has 3 atom stereocenters. The fourth-order valence-electron chi connectivity index (χ4n) is 3.04. The number of fused-ring (bicyclic) bond motifs is 1. The number of β-amino-alcohol motifs (C(OH)–C–C–N with tert-alkyl or cyclic N) is 1. The molecule has 1 saturated heterocycles. The van der Waals surface area contributed by atoms with E-state index >= 15 is 0 Å². The van der Waals surface area contributed by atoms with Crippen molar-refractivity contribution < 1.29 is 24.5 Å². The van der Waals surface area contributed by atoms with Gasteiger partial charge < -0.3 is 19.8 Å². The predicted octanol–water partition coefficient (Wildman–Crippen LogP) is 0.347. The molecule has 112 valence electrons. The lowest BCUT2D eigenvalue weighted by Gasteiger charge is -2.30. The second kappa shape index (κ2) is 5.46. The highest BCUT2D eigenvalue weighted by atomic mass is 16.5. The van der Waals surface area contributed by atoms with Crippen LogP contribution in [0.3, 0.4) is 0 Å². The first-order valence-corrected chi connectivity index (χ1v) is 6.98. The van der Waals surface area contributed by atoms with E-state index in [1.54, 1.807) is 0 Å². The number of hydrogen-bond donors (Lipinski definition) is 2. The van der Waals surface area contributed by atoms with Crippen molar-refractivity contribution in [1.29, 1.82) is 0 Å². The molecule has 1 aromatic carbocycles. The Bertz CT molecular complexity index is 573. The first kappa shape index (κ1) is 14.0. The van der Waals surface area contributed by atoms with Crippen LogP contribution >= 0.6 is 0 Å². The number of ether oxygens (including phenoxy) is 1. The van der Waals surface area contributed by atoms with Gasteiger partial charge in [-0.1, -0.05) is 24.3 Å². The highest BCUT2D eigenvalue weighted by Crippen LogP contribution is 2.31.